The molecule has 1 aromatic heterocycles. The van der Waals surface area contributed by atoms with E-state index in [-0.39, 0.29) is 29.2 Å². The van der Waals surface area contributed by atoms with Crippen LogP contribution in [-0.4, -0.2) is 34.3 Å². The molecule has 0 bridgehead atoms. The highest BCUT2D eigenvalue weighted by molar-refractivity contribution is 7.13. The first-order chi connectivity index (χ1) is 9.68. The Kier molecular flexibility index (Phi) is 4.37. The van der Waals surface area contributed by atoms with Crippen LogP contribution in [0.25, 0.3) is 0 Å². The van der Waals surface area contributed by atoms with Gasteiger partial charge in [0.25, 0.3) is 0 Å². The van der Waals surface area contributed by atoms with Gasteiger partial charge in [-0.3, -0.25) is 9.59 Å². The molecule has 1 N–H and O–H groups in total. The first kappa shape index (κ1) is 15.9. The van der Waals surface area contributed by atoms with Crippen LogP contribution in [0.3, 0.4) is 0 Å². The fourth-order valence-corrected chi connectivity index (χ4v) is 3.23. The van der Waals surface area contributed by atoms with Gasteiger partial charge in [-0.25, -0.2) is 4.98 Å². The van der Waals surface area contributed by atoms with E-state index < -0.39 is 0 Å². The second-order valence-electron chi connectivity index (χ2n) is 6.82. The number of nitrogens with zero attached hydrogens (tertiary/aromatic N) is 2. The number of amides is 2. The molecular formula is C15H23N3O2S. The van der Waals surface area contributed by atoms with E-state index >= 15 is 0 Å². The van der Waals surface area contributed by atoms with Gasteiger partial charge in [-0.2, -0.15) is 0 Å². The van der Waals surface area contributed by atoms with E-state index in [1.54, 1.807) is 4.90 Å². The van der Waals surface area contributed by atoms with Crippen LogP contribution in [0, 0.1) is 5.92 Å². The van der Waals surface area contributed by atoms with Crippen molar-refractivity contribution in [3.05, 3.63) is 11.1 Å². The van der Waals surface area contributed by atoms with E-state index in [0.29, 0.717) is 18.1 Å². The summed E-state index contributed by atoms with van der Waals surface area (Å²) in [4.78, 5) is 30.3. The summed E-state index contributed by atoms with van der Waals surface area (Å²) in [5, 5.41) is 5.43. The molecule has 116 valence electrons. The molecule has 1 aliphatic heterocycles. The monoisotopic (exact) mass is 309 g/mol. The lowest BCUT2D eigenvalue weighted by atomic mass is 9.93. The number of hydrogen-bond acceptors (Lipinski definition) is 4. The topological polar surface area (TPSA) is 62.3 Å². The number of hydrogen-bond donors (Lipinski definition) is 1. The lowest BCUT2D eigenvalue weighted by molar-refractivity contribution is -0.129. The third kappa shape index (κ3) is 3.61. The average molecular weight is 309 g/mol. The van der Waals surface area contributed by atoms with Crippen molar-refractivity contribution in [2.75, 3.05) is 11.9 Å². The maximum Gasteiger partial charge on any atom is 0.231 e. The van der Waals surface area contributed by atoms with E-state index in [1.807, 2.05) is 19.2 Å². The van der Waals surface area contributed by atoms with Crippen molar-refractivity contribution in [1.82, 2.24) is 9.88 Å². The van der Waals surface area contributed by atoms with Gasteiger partial charge in [-0.1, -0.05) is 20.8 Å². The van der Waals surface area contributed by atoms with Crippen molar-refractivity contribution in [1.29, 1.82) is 0 Å². The molecular weight excluding hydrogens is 286 g/mol. The Bertz CT molecular complexity index is 545. The highest BCUT2D eigenvalue weighted by atomic mass is 32.1. The van der Waals surface area contributed by atoms with Crippen LogP contribution in [-0.2, 0) is 15.0 Å². The number of carbonyl (C=O) groups is 2. The van der Waals surface area contributed by atoms with Gasteiger partial charge in [-0.15, -0.1) is 11.3 Å². The Balaban J connectivity index is 2.00. The van der Waals surface area contributed by atoms with Gasteiger partial charge in [0.2, 0.25) is 11.8 Å². The van der Waals surface area contributed by atoms with Crippen LogP contribution >= 0.6 is 11.3 Å². The summed E-state index contributed by atoms with van der Waals surface area (Å²) >= 11 is 1.43. The highest BCUT2D eigenvalue weighted by Crippen LogP contribution is 2.27. The molecule has 1 atom stereocenters. The third-order valence-corrected chi connectivity index (χ3v) is 4.41. The van der Waals surface area contributed by atoms with Crippen molar-refractivity contribution in [3.8, 4) is 0 Å². The molecule has 1 aliphatic rings. The lowest BCUT2D eigenvalue weighted by Gasteiger charge is -2.20. The van der Waals surface area contributed by atoms with Gasteiger partial charge < -0.3 is 10.2 Å². The third-order valence-electron chi connectivity index (χ3n) is 3.66. The maximum atomic E-state index is 12.3. The zero-order chi connectivity index (χ0) is 15.8. The van der Waals surface area contributed by atoms with Gasteiger partial charge in [0.1, 0.15) is 0 Å². The average Bonchev–Trinajstić information content (AvgIpc) is 2.94. The van der Waals surface area contributed by atoms with Crippen LogP contribution in [0.5, 0.6) is 0 Å². The molecule has 1 fully saturated rings. The molecule has 0 aromatic carbocycles. The number of nitrogens with one attached hydrogen (secondary N) is 1. The van der Waals surface area contributed by atoms with E-state index in [0.717, 1.165) is 5.69 Å². The number of aromatic nitrogens is 1. The van der Waals surface area contributed by atoms with Gasteiger partial charge in [0.15, 0.2) is 5.13 Å². The molecule has 21 heavy (non-hydrogen) atoms. The molecule has 0 radical (unpaired) electrons. The first-order valence-corrected chi connectivity index (χ1v) is 8.13. The maximum absolute atomic E-state index is 12.3. The molecule has 2 amide bonds. The van der Waals surface area contributed by atoms with E-state index in [9.17, 15) is 9.59 Å². The zero-order valence-corrected chi connectivity index (χ0v) is 14.1. The summed E-state index contributed by atoms with van der Waals surface area (Å²) in [6.07, 6.45) is 0.293. The Labute approximate surface area is 129 Å². The van der Waals surface area contributed by atoms with Crippen LogP contribution in [0.15, 0.2) is 5.38 Å². The van der Waals surface area contributed by atoms with E-state index in [2.05, 4.69) is 31.1 Å². The molecule has 2 rings (SSSR count). The van der Waals surface area contributed by atoms with Crippen molar-refractivity contribution in [2.24, 2.45) is 5.92 Å². The van der Waals surface area contributed by atoms with Gasteiger partial charge in [0.05, 0.1) is 11.6 Å². The smallest absolute Gasteiger partial charge is 0.231 e. The molecule has 0 unspecified atom stereocenters. The standard InChI is InChI=1S/C15H23N3O2S/c1-9(2)18-7-10(6-12(18)19)13(20)17-14-16-11(8-21-14)15(3,4)5/h8-10H,6-7H2,1-5H3,(H,16,17,20)/t10-/m1/s1. The molecule has 0 saturated carbocycles. The summed E-state index contributed by atoms with van der Waals surface area (Å²) in [6, 6.07) is 0.141. The minimum atomic E-state index is -0.276. The van der Waals surface area contributed by atoms with E-state index in [4.69, 9.17) is 0 Å². The largest absolute Gasteiger partial charge is 0.339 e. The Morgan fingerprint density at radius 2 is 2.14 bits per heavy atom. The summed E-state index contributed by atoms with van der Waals surface area (Å²) < 4.78 is 0. The second-order valence-corrected chi connectivity index (χ2v) is 7.68. The molecule has 5 nitrogen and oxygen atoms in total. The zero-order valence-electron chi connectivity index (χ0n) is 13.3. The summed E-state index contributed by atoms with van der Waals surface area (Å²) in [5.74, 6) is -0.331. The van der Waals surface area contributed by atoms with Crippen molar-refractivity contribution in [2.45, 2.75) is 52.5 Å². The summed E-state index contributed by atoms with van der Waals surface area (Å²) in [7, 11) is 0. The number of thiazole rings is 1. The minimum Gasteiger partial charge on any atom is -0.339 e. The number of carbonyl (C=O) groups excluding carboxylic acids is 2. The van der Waals surface area contributed by atoms with Crippen molar-refractivity contribution < 1.29 is 9.59 Å². The highest BCUT2D eigenvalue weighted by Gasteiger charge is 2.35. The summed E-state index contributed by atoms with van der Waals surface area (Å²) in [6.45, 7) is 10.7. The van der Waals surface area contributed by atoms with Gasteiger partial charge >= 0.3 is 0 Å². The number of likely N-dealkylation sites (tertiary alicyclic amines) is 1. The van der Waals surface area contributed by atoms with Crippen LogP contribution in [0.1, 0.15) is 46.7 Å². The molecule has 1 saturated heterocycles. The van der Waals surface area contributed by atoms with Crippen molar-refractivity contribution >= 4 is 28.3 Å². The van der Waals surface area contributed by atoms with Crippen LogP contribution < -0.4 is 5.32 Å². The normalized spacial score (nSPS) is 19.4. The molecule has 2 heterocycles. The Hall–Kier alpha value is -1.43. The Morgan fingerprint density at radius 3 is 2.62 bits per heavy atom. The fourth-order valence-electron chi connectivity index (χ4n) is 2.29. The minimum absolute atomic E-state index is 0.0305. The number of anilines is 1. The van der Waals surface area contributed by atoms with Crippen molar-refractivity contribution in [3.63, 3.8) is 0 Å². The Morgan fingerprint density at radius 1 is 1.48 bits per heavy atom. The van der Waals surface area contributed by atoms with Crippen LogP contribution in [0.4, 0.5) is 5.13 Å². The van der Waals surface area contributed by atoms with Crippen LogP contribution in [0.2, 0.25) is 0 Å². The fraction of sp³-hybridized carbons (Fsp3) is 0.667. The molecule has 1 aromatic rings. The predicted octanol–water partition coefficient (Wildman–Crippen LogP) is 2.64. The molecule has 0 aliphatic carbocycles. The number of rotatable bonds is 3. The molecule has 0 spiro atoms. The first-order valence-electron chi connectivity index (χ1n) is 7.25. The summed E-state index contributed by atoms with van der Waals surface area (Å²) in [5.41, 5.74) is 0.936. The van der Waals surface area contributed by atoms with Gasteiger partial charge in [0, 0.05) is 29.8 Å². The predicted molar refractivity (Wildman–Crippen MR) is 84.4 cm³/mol. The molecule has 6 heteroatoms. The van der Waals surface area contributed by atoms with Gasteiger partial charge in [-0.05, 0) is 13.8 Å². The van der Waals surface area contributed by atoms with E-state index in [1.165, 1.54) is 11.3 Å². The lowest BCUT2D eigenvalue weighted by Crippen LogP contribution is -2.33. The quantitative estimate of drug-likeness (QED) is 0.933. The second kappa shape index (κ2) is 5.75. The SMILES string of the molecule is CC(C)N1C[C@H](C(=O)Nc2nc(C(C)(C)C)cs2)CC1=O.